The summed E-state index contributed by atoms with van der Waals surface area (Å²) in [6.45, 7) is 7.60. The van der Waals surface area contributed by atoms with Gasteiger partial charge in [-0.3, -0.25) is 0 Å². The first-order valence-corrected chi connectivity index (χ1v) is 13.5. The van der Waals surface area contributed by atoms with E-state index in [1.165, 1.54) is 89.9 Å². The molecule has 0 radical (unpaired) electrons. The van der Waals surface area contributed by atoms with Crippen LogP contribution in [0.4, 0.5) is 0 Å². The molecule has 0 amide bonds. The summed E-state index contributed by atoms with van der Waals surface area (Å²) in [5.74, 6) is 0. The van der Waals surface area contributed by atoms with Crippen LogP contribution in [0.5, 0.6) is 0 Å². The first-order chi connectivity index (χ1) is 10.6. The molecule has 0 atom stereocenters. The van der Waals surface area contributed by atoms with Crippen LogP contribution in [0.25, 0.3) is 0 Å². The molecular formula is C19H41ClOSi. The van der Waals surface area contributed by atoms with Crippen LogP contribution >= 0.6 is 11.6 Å². The van der Waals surface area contributed by atoms with Gasteiger partial charge in [0.05, 0.1) is 0 Å². The molecular weight excluding hydrogens is 308 g/mol. The van der Waals surface area contributed by atoms with Crippen LogP contribution in [0.15, 0.2) is 0 Å². The lowest BCUT2D eigenvalue weighted by molar-refractivity contribution is 0.297. The van der Waals surface area contributed by atoms with Crippen molar-refractivity contribution in [1.29, 1.82) is 0 Å². The fourth-order valence-corrected chi connectivity index (χ4v) is 3.69. The lowest BCUT2D eigenvalue weighted by Crippen LogP contribution is -2.33. The zero-order valence-corrected chi connectivity index (χ0v) is 17.4. The van der Waals surface area contributed by atoms with Crippen molar-refractivity contribution >= 4 is 19.9 Å². The molecule has 0 aliphatic heterocycles. The molecule has 0 aliphatic rings. The van der Waals surface area contributed by atoms with Gasteiger partial charge in [-0.1, -0.05) is 90.4 Å². The molecule has 0 aromatic carbocycles. The van der Waals surface area contributed by atoms with E-state index < -0.39 is 8.32 Å². The van der Waals surface area contributed by atoms with E-state index in [0.29, 0.717) is 5.50 Å². The van der Waals surface area contributed by atoms with Gasteiger partial charge in [-0.2, -0.15) is 0 Å². The van der Waals surface area contributed by atoms with E-state index in [1.54, 1.807) is 0 Å². The summed E-state index contributed by atoms with van der Waals surface area (Å²) >= 11 is 5.89. The quantitative estimate of drug-likeness (QED) is 0.150. The summed E-state index contributed by atoms with van der Waals surface area (Å²) in [5, 5.41) is 0. The van der Waals surface area contributed by atoms with E-state index in [4.69, 9.17) is 16.0 Å². The van der Waals surface area contributed by atoms with Crippen molar-refractivity contribution < 1.29 is 4.43 Å². The van der Waals surface area contributed by atoms with Crippen molar-refractivity contribution in [3.8, 4) is 0 Å². The number of unbranched alkanes of at least 4 members (excludes halogenated alkanes) is 13. The van der Waals surface area contributed by atoms with Gasteiger partial charge < -0.3 is 4.43 Å². The SMILES string of the molecule is CCCCCCCCCCCCCCCCO[Si](C)(C)CCl. The van der Waals surface area contributed by atoms with Gasteiger partial charge in [0, 0.05) is 12.1 Å². The molecule has 1 nitrogen and oxygen atoms in total. The second kappa shape index (κ2) is 16.3. The minimum absolute atomic E-state index is 0.714. The Kier molecular flexibility index (Phi) is 16.7. The van der Waals surface area contributed by atoms with E-state index in [2.05, 4.69) is 20.0 Å². The normalized spacial score (nSPS) is 12.0. The van der Waals surface area contributed by atoms with Gasteiger partial charge in [-0.05, 0) is 19.5 Å². The van der Waals surface area contributed by atoms with Crippen molar-refractivity contribution in [3.63, 3.8) is 0 Å². The third-order valence-corrected chi connectivity index (χ3v) is 7.87. The number of halogens is 1. The van der Waals surface area contributed by atoms with Gasteiger partial charge >= 0.3 is 0 Å². The fourth-order valence-electron chi connectivity index (χ4n) is 2.68. The van der Waals surface area contributed by atoms with Gasteiger partial charge in [-0.15, -0.1) is 11.6 Å². The van der Waals surface area contributed by atoms with Gasteiger partial charge in [-0.25, -0.2) is 0 Å². The molecule has 0 heterocycles. The standard InChI is InChI=1S/C19H41ClOSi/c1-4-5-6-7-8-9-10-11-12-13-14-15-16-17-18-21-22(2,3)19-20/h4-19H2,1-3H3. The molecule has 0 spiro atoms. The third kappa shape index (κ3) is 16.8. The summed E-state index contributed by atoms with van der Waals surface area (Å²) < 4.78 is 5.89. The minimum Gasteiger partial charge on any atom is -0.416 e. The van der Waals surface area contributed by atoms with Crippen LogP contribution in [0, 0.1) is 0 Å². The Morgan fingerprint density at radius 2 is 1.00 bits per heavy atom. The molecule has 0 bridgehead atoms. The van der Waals surface area contributed by atoms with Gasteiger partial charge in [0.2, 0.25) is 8.32 Å². The number of hydrogen-bond acceptors (Lipinski definition) is 1. The van der Waals surface area contributed by atoms with Crippen LogP contribution in [-0.2, 0) is 4.43 Å². The summed E-state index contributed by atoms with van der Waals surface area (Å²) in [5.41, 5.74) is 0.714. The zero-order valence-electron chi connectivity index (χ0n) is 15.6. The lowest BCUT2D eigenvalue weighted by atomic mass is 10.0. The molecule has 3 heteroatoms. The monoisotopic (exact) mass is 348 g/mol. The summed E-state index contributed by atoms with van der Waals surface area (Å²) in [6, 6.07) is 0. The predicted octanol–water partition coefficient (Wildman–Crippen LogP) is 7.47. The molecule has 0 rings (SSSR count). The van der Waals surface area contributed by atoms with Gasteiger partial charge in [0.1, 0.15) is 0 Å². The molecule has 0 fully saturated rings. The molecule has 0 aromatic rings. The first-order valence-electron chi connectivity index (χ1n) is 9.82. The summed E-state index contributed by atoms with van der Waals surface area (Å²) in [6.07, 6.45) is 19.7. The van der Waals surface area contributed by atoms with Crippen LogP contribution in [0.3, 0.4) is 0 Å². The second-order valence-corrected chi connectivity index (χ2v) is 12.2. The summed E-state index contributed by atoms with van der Waals surface area (Å²) in [7, 11) is -1.52. The maximum Gasteiger partial charge on any atom is 0.201 e. The van der Waals surface area contributed by atoms with Gasteiger partial charge in [0.25, 0.3) is 0 Å². The lowest BCUT2D eigenvalue weighted by Gasteiger charge is -2.19. The smallest absolute Gasteiger partial charge is 0.201 e. The summed E-state index contributed by atoms with van der Waals surface area (Å²) in [4.78, 5) is 0. The van der Waals surface area contributed by atoms with Crippen molar-refractivity contribution in [1.82, 2.24) is 0 Å². The minimum atomic E-state index is -1.52. The highest BCUT2D eigenvalue weighted by Crippen LogP contribution is 2.13. The average molecular weight is 349 g/mol. The average Bonchev–Trinajstić information content (AvgIpc) is 2.51. The Bertz CT molecular complexity index is 221. The molecule has 0 unspecified atom stereocenters. The Morgan fingerprint density at radius 1 is 0.636 bits per heavy atom. The van der Waals surface area contributed by atoms with Crippen molar-refractivity contribution in [3.05, 3.63) is 0 Å². The maximum absolute atomic E-state index is 5.89. The Balaban J connectivity index is 3.06. The molecule has 0 saturated carbocycles. The molecule has 134 valence electrons. The Labute approximate surface area is 146 Å². The molecule has 0 aromatic heterocycles. The maximum atomic E-state index is 5.89. The van der Waals surface area contributed by atoms with Crippen molar-refractivity contribution in [2.75, 3.05) is 12.1 Å². The van der Waals surface area contributed by atoms with E-state index in [-0.39, 0.29) is 0 Å². The third-order valence-electron chi connectivity index (χ3n) is 4.31. The fraction of sp³-hybridized carbons (Fsp3) is 1.00. The van der Waals surface area contributed by atoms with Crippen molar-refractivity contribution in [2.24, 2.45) is 0 Å². The number of alkyl halides is 1. The molecule has 0 aliphatic carbocycles. The second-order valence-electron chi connectivity index (χ2n) is 7.34. The topological polar surface area (TPSA) is 9.23 Å². The van der Waals surface area contributed by atoms with Crippen LogP contribution in [0.2, 0.25) is 13.1 Å². The van der Waals surface area contributed by atoms with E-state index in [1.807, 2.05) is 0 Å². The predicted molar refractivity (Wildman–Crippen MR) is 104 cm³/mol. The van der Waals surface area contributed by atoms with E-state index >= 15 is 0 Å². The largest absolute Gasteiger partial charge is 0.416 e. The van der Waals surface area contributed by atoms with Crippen LogP contribution in [0.1, 0.15) is 96.8 Å². The van der Waals surface area contributed by atoms with E-state index in [0.717, 1.165) is 6.61 Å². The molecule has 0 N–H and O–H groups in total. The number of hydrogen-bond donors (Lipinski definition) is 0. The Morgan fingerprint density at radius 3 is 1.36 bits per heavy atom. The number of rotatable bonds is 17. The van der Waals surface area contributed by atoms with Gasteiger partial charge in [0.15, 0.2) is 0 Å². The van der Waals surface area contributed by atoms with Crippen molar-refractivity contribution in [2.45, 2.75) is 110 Å². The van der Waals surface area contributed by atoms with E-state index in [9.17, 15) is 0 Å². The van der Waals surface area contributed by atoms with Crippen LogP contribution < -0.4 is 0 Å². The highest BCUT2D eigenvalue weighted by atomic mass is 35.5. The first kappa shape index (κ1) is 22.5. The van der Waals surface area contributed by atoms with Crippen LogP contribution in [-0.4, -0.2) is 20.4 Å². The molecule has 0 saturated heterocycles. The highest BCUT2D eigenvalue weighted by Gasteiger charge is 2.19. The highest BCUT2D eigenvalue weighted by molar-refractivity contribution is 6.77. The Hall–Kier alpha value is 0.467. The molecule has 22 heavy (non-hydrogen) atoms. The zero-order chi connectivity index (χ0) is 16.5.